The largest absolute Gasteiger partial charge is 0.371 e. The number of fused-ring (bicyclic) bond motifs is 1. The third-order valence-corrected chi connectivity index (χ3v) is 4.57. The lowest BCUT2D eigenvalue weighted by Gasteiger charge is -2.16. The van der Waals surface area contributed by atoms with E-state index in [-0.39, 0.29) is 5.91 Å². The van der Waals surface area contributed by atoms with E-state index in [1.807, 2.05) is 6.07 Å². The van der Waals surface area contributed by atoms with Crippen LogP contribution in [0.3, 0.4) is 0 Å². The van der Waals surface area contributed by atoms with Crippen molar-refractivity contribution in [3.63, 3.8) is 0 Å². The Morgan fingerprint density at radius 2 is 2.20 bits per heavy atom. The Balaban J connectivity index is 1.85. The van der Waals surface area contributed by atoms with Crippen LogP contribution in [0.2, 0.25) is 0 Å². The second kappa shape index (κ2) is 5.58. The van der Waals surface area contributed by atoms with Crippen molar-refractivity contribution in [2.24, 2.45) is 0 Å². The molecule has 2 heterocycles. The lowest BCUT2D eigenvalue weighted by Crippen LogP contribution is -2.19. The van der Waals surface area contributed by atoms with E-state index in [0.29, 0.717) is 5.13 Å². The van der Waals surface area contributed by atoms with Gasteiger partial charge in [-0.25, -0.2) is 4.98 Å². The Morgan fingerprint density at radius 1 is 1.45 bits per heavy atom. The van der Waals surface area contributed by atoms with E-state index in [2.05, 4.69) is 27.3 Å². The summed E-state index contributed by atoms with van der Waals surface area (Å²) < 4.78 is 1.09. The molecule has 1 saturated heterocycles. The molecule has 1 aromatic heterocycles. The fourth-order valence-corrected chi connectivity index (χ4v) is 3.30. The van der Waals surface area contributed by atoms with Crippen molar-refractivity contribution in [2.45, 2.75) is 25.1 Å². The molecular weight excluding hydrogens is 294 g/mol. The van der Waals surface area contributed by atoms with Crippen LogP contribution in [0.25, 0.3) is 10.2 Å². The number of carbonyl (C=O) groups excluding carboxylic acids is 1. The molecule has 0 aliphatic carbocycles. The molecule has 1 aliphatic rings. The Labute approximate surface area is 126 Å². The molecule has 0 unspecified atom stereocenters. The summed E-state index contributed by atoms with van der Waals surface area (Å²) in [5.74, 6) is -0.217. The Morgan fingerprint density at radius 3 is 2.90 bits per heavy atom. The number of alkyl halides is 1. The van der Waals surface area contributed by atoms with Crippen LogP contribution < -0.4 is 10.2 Å². The molecule has 1 atom stereocenters. The number of hydrogen-bond donors (Lipinski definition) is 1. The second-order valence-corrected chi connectivity index (χ2v) is 6.66. The maximum Gasteiger partial charge on any atom is 0.243 e. The van der Waals surface area contributed by atoms with E-state index in [1.54, 1.807) is 6.92 Å². The summed E-state index contributed by atoms with van der Waals surface area (Å²) in [5.41, 5.74) is 2.15. The normalized spacial score (nSPS) is 16.6. The minimum atomic E-state index is -0.554. The molecular formula is C14H16ClN3OS. The highest BCUT2D eigenvalue weighted by molar-refractivity contribution is 7.22. The van der Waals surface area contributed by atoms with Gasteiger partial charge in [-0.1, -0.05) is 11.3 Å². The number of nitrogens with one attached hydrogen (secondary N) is 1. The fraction of sp³-hybridized carbons (Fsp3) is 0.429. The monoisotopic (exact) mass is 309 g/mol. The summed E-state index contributed by atoms with van der Waals surface area (Å²) in [4.78, 5) is 18.4. The summed E-state index contributed by atoms with van der Waals surface area (Å²) in [7, 11) is 0. The van der Waals surface area contributed by atoms with E-state index in [9.17, 15) is 4.79 Å². The zero-order valence-corrected chi connectivity index (χ0v) is 12.8. The average Bonchev–Trinajstić information content (AvgIpc) is 3.06. The zero-order chi connectivity index (χ0) is 14.1. The topological polar surface area (TPSA) is 45.2 Å². The van der Waals surface area contributed by atoms with Crippen molar-refractivity contribution < 1.29 is 4.79 Å². The van der Waals surface area contributed by atoms with Crippen LogP contribution >= 0.6 is 22.9 Å². The van der Waals surface area contributed by atoms with Gasteiger partial charge in [0.2, 0.25) is 5.91 Å². The molecule has 3 rings (SSSR count). The van der Waals surface area contributed by atoms with Crippen LogP contribution in [0, 0.1) is 0 Å². The van der Waals surface area contributed by atoms with Gasteiger partial charge in [-0.2, -0.15) is 0 Å². The maximum absolute atomic E-state index is 11.6. The van der Waals surface area contributed by atoms with Gasteiger partial charge in [-0.3, -0.25) is 4.79 Å². The first kappa shape index (κ1) is 13.6. The van der Waals surface area contributed by atoms with E-state index in [0.717, 1.165) is 23.3 Å². The highest BCUT2D eigenvalue weighted by atomic mass is 35.5. The summed E-state index contributed by atoms with van der Waals surface area (Å²) in [6.45, 7) is 3.89. The number of thiazole rings is 1. The van der Waals surface area contributed by atoms with E-state index < -0.39 is 5.38 Å². The maximum atomic E-state index is 11.6. The number of nitrogens with zero attached hydrogens (tertiary/aromatic N) is 2. The predicted octanol–water partition coefficient (Wildman–Crippen LogP) is 3.46. The van der Waals surface area contributed by atoms with Crippen molar-refractivity contribution in [1.82, 2.24) is 4.98 Å². The smallest absolute Gasteiger partial charge is 0.243 e. The molecule has 20 heavy (non-hydrogen) atoms. The molecule has 1 aliphatic heterocycles. The molecule has 0 saturated carbocycles. The lowest BCUT2D eigenvalue weighted by atomic mass is 10.3. The van der Waals surface area contributed by atoms with E-state index in [4.69, 9.17) is 11.6 Å². The van der Waals surface area contributed by atoms with Crippen LogP contribution in [0.1, 0.15) is 19.8 Å². The minimum Gasteiger partial charge on any atom is -0.371 e. The van der Waals surface area contributed by atoms with Crippen LogP contribution in [0.4, 0.5) is 10.8 Å². The zero-order valence-electron chi connectivity index (χ0n) is 11.2. The second-order valence-electron chi connectivity index (χ2n) is 4.97. The van der Waals surface area contributed by atoms with Gasteiger partial charge in [-0.15, -0.1) is 11.6 Å². The number of halogens is 1. The van der Waals surface area contributed by atoms with Crippen LogP contribution in [-0.2, 0) is 4.79 Å². The number of rotatable bonds is 3. The van der Waals surface area contributed by atoms with E-state index >= 15 is 0 Å². The van der Waals surface area contributed by atoms with Gasteiger partial charge in [-0.05, 0) is 38.0 Å². The van der Waals surface area contributed by atoms with Crippen LogP contribution in [-0.4, -0.2) is 29.4 Å². The number of aromatic nitrogens is 1. The molecule has 1 N–H and O–H groups in total. The van der Waals surface area contributed by atoms with Crippen LogP contribution in [0.5, 0.6) is 0 Å². The third-order valence-electron chi connectivity index (χ3n) is 3.43. The number of benzene rings is 1. The fourth-order valence-electron chi connectivity index (χ4n) is 2.34. The first-order valence-corrected chi connectivity index (χ1v) is 7.99. The van der Waals surface area contributed by atoms with Crippen molar-refractivity contribution in [1.29, 1.82) is 0 Å². The number of anilines is 2. The first-order valence-electron chi connectivity index (χ1n) is 6.74. The summed E-state index contributed by atoms with van der Waals surface area (Å²) in [5, 5.41) is 2.80. The minimum absolute atomic E-state index is 0.217. The van der Waals surface area contributed by atoms with Gasteiger partial charge < -0.3 is 10.2 Å². The SMILES string of the molecule is C[C@@H](Cl)C(=O)Nc1nc2ccc(N3CCCC3)cc2s1. The highest BCUT2D eigenvalue weighted by Gasteiger charge is 2.15. The molecule has 0 radical (unpaired) electrons. The first-order chi connectivity index (χ1) is 9.63. The van der Waals surface area contributed by atoms with Crippen LogP contribution in [0.15, 0.2) is 18.2 Å². The van der Waals surface area contributed by atoms with Gasteiger partial charge in [0, 0.05) is 18.8 Å². The predicted molar refractivity (Wildman–Crippen MR) is 85.0 cm³/mol. The molecule has 106 valence electrons. The Hall–Kier alpha value is -1.33. The molecule has 2 aromatic rings. The molecule has 6 heteroatoms. The van der Waals surface area contributed by atoms with Gasteiger partial charge in [0.05, 0.1) is 10.2 Å². The molecule has 1 amide bonds. The van der Waals surface area contributed by atoms with Crippen molar-refractivity contribution in [3.05, 3.63) is 18.2 Å². The highest BCUT2D eigenvalue weighted by Crippen LogP contribution is 2.31. The van der Waals surface area contributed by atoms with Crippen molar-refractivity contribution in [2.75, 3.05) is 23.3 Å². The summed E-state index contributed by atoms with van der Waals surface area (Å²) in [6.07, 6.45) is 2.52. The number of amides is 1. The van der Waals surface area contributed by atoms with Gasteiger partial charge in [0.1, 0.15) is 5.38 Å². The van der Waals surface area contributed by atoms with Gasteiger partial charge >= 0.3 is 0 Å². The molecule has 1 fully saturated rings. The average molecular weight is 310 g/mol. The molecule has 4 nitrogen and oxygen atoms in total. The molecule has 0 bridgehead atoms. The van der Waals surface area contributed by atoms with Gasteiger partial charge in [0.15, 0.2) is 5.13 Å². The number of hydrogen-bond acceptors (Lipinski definition) is 4. The summed E-state index contributed by atoms with van der Waals surface area (Å²) >= 11 is 7.23. The lowest BCUT2D eigenvalue weighted by molar-refractivity contribution is -0.115. The quantitative estimate of drug-likeness (QED) is 0.883. The summed E-state index contributed by atoms with van der Waals surface area (Å²) in [6, 6.07) is 6.26. The standard InChI is InChI=1S/C14H16ClN3OS/c1-9(15)13(19)17-14-16-11-5-4-10(8-12(11)20-14)18-6-2-3-7-18/h4-5,8-9H,2-3,6-7H2,1H3,(H,16,17,19)/t9-/m1/s1. The third kappa shape index (κ3) is 2.74. The van der Waals surface area contributed by atoms with Gasteiger partial charge in [0.25, 0.3) is 0 Å². The Bertz CT molecular complexity index is 634. The van der Waals surface area contributed by atoms with Crippen molar-refractivity contribution >= 4 is 49.9 Å². The Kier molecular flexibility index (Phi) is 3.81. The molecule has 0 spiro atoms. The number of carbonyl (C=O) groups is 1. The van der Waals surface area contributed by atoms with Crippen molar-refractivity contribution in [3.8, 4) is 0 Å². The molecule has 1 aromatic carbocycles. The van der Waals surface area contributed by atoms with E-state index in [1.165, 1.54) is 29.9 Å².